The van der Waals surface area contributed by atoms with Gasteiger partial charge in [-0.25, -0.2) is 0 Å². The summed E-state index contributed by atoms with van der Waals surface area (Å²) in [6, 6.07) is 0. The van der Waals surface area contributed by atoms with Crippen LogP contribution in [-0.2, 0) is 4.79 Å². The minimum atomic E-state index is 0.481. The van der Waals surface area contributed by atoms with Gasteiger partial charge in [0.15, 0.2) is 0 Å². The third-order valence-corrected chi connectivity index (χ3v) is 5.27. The molecule has 0 aromatic rings. The van der Waals surface area contributed by atoms with Gasteiger partial charge in [-0.15, -0.1) is 0 Å². The first-order valence-electron chi connectivity index (χ1n) is 5.78. The number of hydrogen-bond donors (Lipinski definition) is 0. The third-order valence-electron chi connectivity index (χ3n) is 5.27. The van der Waals surface area contributed by atoms with Crippen LogP contribution in [0, 0.1) is 23.2 Å². The molecule has 13 heavy (non-hydrogen) atoms. The molecule has 3 aliphatic carbocycles. The van der Waals surface area contributed by atoms with Gasteiger partial charge in [0.2, 0.25) is 0 Å². The molecule has 0 N–H and O–H groups in total. The summed E-state index contributed by atoms with van der Waals surface area (Å²) in [4.78, 5) is 11.7. The normalized spacial score (nSPS) is 53.9. The molecule has 4 atom stereocenters. The molecule has 0 unspecified atom stereocenters. The standard InChI is InChI=1S/C12H18O/c1-8-2-3-9-4-5-10-11(13)6-7-12(8,9)10/h8-10H,2-7H2,1H3/t8-,9+,10-,12+/m1/s1. The van der Waals surface area contributed by atoms with Crippen molar-refractivity contribution in [3.05, 3.63) is 0 Å². The van der Waals surface area contributed by atoms with Crippen molar-refractivity contribution < 1.29 is 4.79 Å². The first-order valence-corrected chi connectivity index (χ1v) is 5.78. The number of ketones is 1. The number of rotatable bonds is 0. The van der Waals surface area contributed by atoms with E-state index in [4.69, 9.17) is 0 Å². The molecule has 1 nitrogen and oxygen atoms in total. The highest BCUT2D eigenvalue weighted by atomic mass is 16.1. The molecular weight excluding hydrogens is 160 g/mol. The first-order chi connectivity index (χ1) is 6.25. The van der Waals surface area contributed by atoms with Gasteiger partial charge in [0.25, 0.3) is 0 Å². The fourth-order valence-electron chi connectivity index (χ4n) is 4.67. The zero-order valence-corrected chi connectivity index (χ0v) is 8.38. The third kappa shape index (κ3) is 0.769. The molecule has 0 bridgehead atoms. The van der Waals surface area contributed by atoms with Crippen molar-refractivity contribution >= 4 is 5.78 Å². The number of carbonyl (C=O) groups excluding carboxylic acids is 1. The lowest BCUT2D eigenvalue weighted by atomic mass is 9.70. The Bertz CT molecular complexity index is 258. The summed E-state index contributed by atoms with van der Waals surface area (Å²) in [5.74, 6) is 2.82. The second-order valence-electron chi connectivity index (χ2n) is 5.38. The fourth-order valence-corrected chi connectivity index (χ4v) is 4.67. The van der Waals surface area contributed by atoms with Gasteiger partial charge in [0.05, 0.1) is 0 Å². The summed E-state index contributed by atoms with van der Waals surface area (Å²) in [6.07, 6.45) is 7.47. The predicted octanol–water partition coefficient (Wildman–Crippen LogP) is 2.79. The molecule has 0 aromatic heterocycles. The largest absolute Gasteiger partial charge is 0.299 e. The maximum Gasteiger partial charge on any atom is 0.136 e. The Balaban J connectivity index is 2.04. The molecule has 1 heteroatoms. The molecule has 3 saturated carbocycles. The number of carbonyl (C=O) groups is 1. The Hall–Kier alpha value is -0.330. The minimum Gasteiger partial charge on any atom is -0.299 e. The van der Waals surface area contributed by atoms with Gasteiger partial charge < -0.3 is 0 Å². The topological polar surface area (TPSA) is 17.1 Å². The molecule has 1 spiro atoms. The molecule has 0 saturated heterocycles. The number of hydrogen-bond acceptors (Lipinski definition) is 1. The highest BCUT2D eigenvalue weighted by molar-refractivity contribution is 5.85. The summed E-state index contributed by atoms with van der Waals surface area (Å²) in [5.41, 5.74) is 0.497. The molecule has 0 aromatic carbocycles. The summed E-state index contributed by atoms with van der Waals surface area (Å²) < 4.78 is 0. The van der Waals surface area contributed by atoms with Gasteiger partial charge in [0.1, 0.15) is 5.78 Å². The molecule has 3 aliphatic rings. The van der Waals surface area contributed by atoms with Crippen LogP contribution in [0.4, 0.5) is 0 Å². The smallest absolute Gasteiger partial charge is 0.136 e. The van der Waals surface area contributed by atoms with Crippen LogP contribution in [-0.4, -0.2) is 5.78 Å². The molecule has 0 aliphatic heterocycles. The van der Waals surface area contributed by atoms with Gasteiger partial charge >= 0.3 is 0 Å². The minimum absolute atomic E-state index is 0.481. The van der Waals surface area contributed by atoms with Gasteiger partial charge in [-0.1, -0.05) is 6.92 Å². The average Bonchev–Trinajstić information content (AvgIpc) is 2.69. The maximum absolute atomic E-state index is 11.7. The molecular formula is C12H18O. The van der Waals surface area contributed by atoms with Crippen LogP contribution in [0.2, 0.25) is 0 Å². The molecule has 0 radical (unpaired) electrons. The van der Waals surface area contributed by atoms with Gasteiger partial charge in [-0.2, -0.15) is 0 Å². The van der Waals surface area contributed by atoms with E-state index in [1.165, 1.54) is 32.1 Å². The summed E-state index contributed by atoms with van der Waals surface area (Å²) in [7, 11) is 0. The van der Waals surface area contributed by atoms with E-state index in [-0.39, 0.29) is 0 Å². The van der Waals surface area contributed by atoms with E-state index in [0.29, 0.717) is 17.1 Å². The average molecular weight is 178 g/mol. The van der Waals surface area contributed by atoms with Crippen LogP contribution in [0.1, 0.15) is 45.4 Å². The number of Topliss-reactive ketones (excluding diaryl/α,β-unsaturated/α-hetero) is 1. The monoisotopic (exact) mass is 178 g/mol. The highest BCUT2D eigenvalue weighted by Crippen LogP contribution is 2.65. The lowest BCUT2D eigenvalue weighted by Crippen LogP contribution is -2.30. The van der Waals surface area contributed by atoms with Crippen molar-refractivity contribution in [2.75, 3.05) is 0 Å². The van der Waals surface area contributed by atoms with E-state index in [2.05, 4.69) is 6.92 Å². The lowest BCUT2D eigenvalue weighted by Gasteiger charge is -2.33. The van der Waals surface area contributed by atoms with E-state index in [0.717, 1.165) is 18.3 Å². The Morgan fingerprint density at radius 3 is 2.85 bits per heavy atom. The fraction of sp³-hybridized carbons (Fsp3) is 0.917. The molecule has 3 rings (SSSR count). The van der Waals surface area contributed by atoms with Crippen molar-refractivity contribution in [2.45, 2.75) is 45.4 Å². The summed E-state index contributed by atoms with van der Waals surface area (Å²) >= 11 is 0. The molecule has 3 fully saturated rings. The Kier molecular flexibility index (Phi) is 1.46. The van der Waals surface area contributed by atoms with Crippen LogP contribution < -0.4 is 0 Å². The molecule has 0 heterocycles. The van der Waals surface area contributed by atoms with Crippen molar-refractivity contribution in [2.24, 2.45) is 23.2 Å². The Morgan fingerprint density at radius 1 is 1.23 bits per heavy atom. The van der Waals surface area contributed by atoms with Crippen molar-refractivity contribution in [1.29, 1.82) is 0 Å². The maximum atomic E-state index is 11.7. The highest BCUT2D eigenvalue weighted by Gasteiger charge is 2.60. The van der Waals surface area contributed by atoms with E-state index >= 15 is 0 Å². The zero-order valence-electron chi connectivity index (χ0n) is 8.38. The Labute approximate surface area is 79.9 Å². The van der Waals surface area contributed by atoms with E-state index in [1.807, 2.05) is 0 Å². The van der Waals surface area contributed by atoms with Crippen LogP contribution in [0.25, 0.3) is 0 Å². The van der Waals surface area contributed by atoms with Crippen LogP contribution in [0.3, 0.4) is 0 Å². The molecule has 72 valence electrons. The van der Waals surface area contributed by atoms with E-state index in [9.17, 15) is 4.79 Å². The molecule has 0 amide bonds. The zero-order chi connectivity index (χ0) is 9.05. The SMILES string of the molecule is C[C@@H]1CC[C@H]2CC[C@@H]3C(=O)CC[C@@]213. The van der Waals surface area contributed by atoms with Crippen molar-refractivity contribution in [3.8, 4) is 0 Å². The van der Waals surface area contributed by atoms with Gasteiger partial charge in [-0.05, 0) is 49.4 Å². The van der Waals surface area contributed by atoms with Crippen molar-refractivity contribution in [1.82, 2.24) is 0 Å². The second-order valence-corrected chi connectivity index (χ2v) is 5.38. The first kappa shape index (κ1) is 8.02. The van der Waals surface area contributed by atoms with Crippen molar-refractivity contribution in [3.63, 3.8) is 0 Å². The van der Waals surface area contributed by atoms with E-state index in [1.54, 1.807) is 0 Å². The van der Waals surface area contributed by atoms with Gasteiger partial charge in [0, 0.05) is 12.3 Å². The lowest BCUT2D eigenvalue weighted by molar-refractivity contribution is -0.122. The summed E-state index contributed by atoms with van der Waals surface area (Å²) in [5, 5.41) is 0. The quantitative estimate of drug-likeness (QED) is 0.557. The van der Waals surface area contributed by atoms with Crippen LogP contribution in [0.15, 0.2) is 0 Å². The van der Waals surface area contributed by atoms with Crippen LogP contribution in [0.5, 0.6) is 0 Å². The van der Waals surface area contributed by atoms with E-state index < -0.39 is 0 Å². The predicted molar refractivity (Wildman–Crippen MR) is 51.3 cm³/mol. The van der Waals surface area contributed by atoms with Crippen LogP contribution >= 0.6 is 0 Å². The Morgan fingerprint density at radius 2 is 2.00 bits per heavy atom. The summed E-state index contributed by atoms with van der Waals surface area (Å²) in [6.45, 7) is 2.39. The van der Waals surface area contributed by atoms with Gasteiger partial charge in [-0.3, -0.25) is 4.79 Å². The second kappa shape index (κ2) is 2.37.